The second kappa shape index (κ2) is 8.37. The van der Waals surface area contributed by atoms with E-state index in [1.165, 1.54) is 6.20 Å². The average Bonchev–Trinajstić information content (AvgIpc) is 2.57. The Bertz CT molecular complexity index is 808. The number of aliphatic hydroxyl groups is 1. The van der Waals surface area contributed by atoms with E-state index in [1.807, 2.05) is 12.4 Å². The van der Waals surface area contributed by atoms with Crippen LogP contribution in [0.1, 0.15) is 15.9 Å². The van der Waals surface area contributed by atoms with Gasteiger partial charge in [0.15, 0.2) is 11.6 Å². The molecular formula is C15H13BBrF2N3O3. The van der Waals surface area contributed by atoms with Gasteiger partial charge in [0, 0.05) is 6.20 Å². The molecule has 25 heavy (non-hydrogen) atoms. The first-order chi connectivity index (χ1) is 11.8. The van der Waals surface area contributed by atoms with Crippen LogP contribution < -0.4 is 16.3 Å². The summed E-state index contributed by atoms with van der Waals surface area (Å²) in [6.07, 6.45) is 1.52. The van der Waals surface area contributed by atoms with Crippen LogP contribution in [0.25, 0.3) is 0 Å². The fourth-order valence-corrected chi connectivity index (χ4v) is 2.47. The average molecular weight is 412 g/mol. The fourth-order valence-electron chi connectivity index (χ4n) is 1.91. The Morgan fingerprint density at radius 1 is 1.40 bits per heavy atom. The lowest BCUT2D eigenvalue weighted by Gasteiger charge is -2.15. The molecule has 0 spiro atoms. The number of anilines is 2. The van der Waals surface area contributed by atoms with Gasteiger partial charge in [0.2, 0.25) is 0 Å². The Kier molecular flexibility index (Phi) is 6.46. The maximum Gasteiger partial charge on any atom is 0.277 e. The van der Waals surface area contributed by atoms with E-state index >= 15 is 0 Å². The first-order valence-corrected chi connectivity index (χ1v) is 7.84. The molecule has 0 aliphatic rings. The molecule has 6 nitrogen and oxygen atoms in total. The third-order valence-electron chi connectivity index (χ3n) is 3.06. The Balaban J connectivity index is 2.44. The molecule has 130 valence electrons. The van der Waals surface area contributed by atoms with Crippen LogP contribution in [0.15, 0.2) is 22.8 Å². The Labute approximate surface area is 152 Å². The highest BCUT2D eigenvalue weighted by molar-refractivity contribution is 9.10. The molecule has 1 aromatic heterocycles. The first-order valence-electron chi connectivity index (χ1n) is 7.04. The summed E-state index contributed by atoms with van der Waals surface area (Å²) in [7, 11) is 5.40. The van der Waals surface area contributed by atoms with E-state index in [9.17, 15) is 13.6 Å². The third-order valence-corrected chi connectivity index (χ3v) is 3.66. The van der Waals surface area contributed by atoms with Crippen LogP contribution in [-0.4, -0.2) is 37.1 Å². The van der Waals surface area contributed by atoms with E-state index in [4.69, 9.17) is 17.8 Å². The van der Waals surface area contributed by atoms with Crippen molar-refractivity contribution in [2.45, 2.75) is 6.92 Å². The van der Waals surface area contributed by atoms with Crippen LogP contribution in [0.3, 0.4) is 0 Å². The van der Waals surface area contributed by atoms with Gasteiger partial charge < -0.3 is 10.4 Å². The van der Waals surface area contributed by atoms with Gasteiger partial charge >= 0.3 is 0 Å². The van der Waals surface area contributed by atoms with E-state index < -0.39 is 28.7 Å². The lowest BCUT2D eigenvalue weighted by atomic mass is 9.92. The molecule has 1 amide bonds. The molecule has 1 aromatic carbocycles. The molecule has 0 atom stereocenters. The molecule has 0 aliphatic carbocycles. The van der Waals surface area contributed by atoms with Gasteiger partial charge in [-0.05, 0) is 34.5 Å². The van der Waals surface area contributed by atoms with Gasteiger partial charge in [-0.25, -0.2) is 19.2 Å². The molecule has 0 aliphatic heterocycles. The summed E-state index contributed by atoms with van der Waals surface area (Å²) in [5.74, 6) is -3.32. The molecule has 2 radical (unpaired) electrons. The summed E-state index contributed by atoms with van der Waals surface area (Å²) in [6.45, 7) is 1.31. The number of nitrogens with one attached hydrogen (secondary N) is 2. The summed E-state index contributed by atoms with van der Waals surface area (Å²) in [5.41, 5.74) is 1.58. The normalized spacial score (nSPS) is 10.6. The molecular weight excluding hydrogens is 399 g/mol. The number of aromatic nitrogens is 1. The second-order valence-electron chi connectivity index (χ2n) is 4.99. The number of aliphatic hydroxyl groups excluding tert-OH is 1. The van der Waals surface area contributed by atoms with Crippen molar-refractivity contribution in [2.75, 3.05) is 18.5 Å². The quantitative estimate of drug-likeness (QED) is 0.382. The molecule has 0 saturated carbocycles. The van der Waals surface area contributed by atoms with Crippen LogP contribution in [0.2, 0.25) is 0 Å². The zero-order valence-electron chi connectivity index (χ0n) is 13.1. The standard InChI is InChI=1S/C15H13BBrF2N3O3/c1-7-4-10(17)14(20-6-7)21-13-8(15(24)22-25-3-2-23)5-9(16)11(18)12(13)19/h4-6,23H,2-3H2,1H3,(H,20,21)(H,22,24). The largest absolute Gasteiger partial charge is 0.394 e. The predicted octanol–water partition coefficient (Wildman–Crippen LogP) is 1.62. The molecule has 1 heterocycles. The van der Waals surface area contributed by atoms with Gasteiger partial charge in [0.1, 0.15) is 13.7 Å². The summed E-state index contributed by atoms with van der Waals surface area (Å²) in [5, 5.41) is 11.2. The van der Waals surface area contributed by atoms with Crippen molar-refractivity contribution in [3.63, 3.8) is 0 Å². The van der Waals surface area contributed by atoms with Gasteiger partial charge in [-0.3, -0.25) is 9.63 Å². The Hall–Kier alpha value is -2.04. The van der Waals surface area contributed by atoms with E-state index in [0.29, 0.717) is 4.47 Å². The van der Waals surface area contributed by atoms with E-state index in [2.05, 4.69) is 26.2 Å². The van der Waals surface area contributed by atoms with Crippen molar-refractivity contribution >= 4 is 46.7 Å². The van der Waals surface area contributed by atoms with Crippen LogP contribution >= 0.6 is 15.9 Å². The molecule has 0 bridgehead atoms. The lowest BCUT2D eigenvalue weighted by molar-refractivity contribution is 0.0169. The zero-order chi connectivity index (χ0) is 18.6. The number of amides is 1. The summed E-state index contributed by atoms with van der Waals surface area (Å²) < 4.78 is 28.7. The molecule has 2 rings (SSSR count). The molecule has 10 heteroatoms. The smallest absolute Gasteiger partial charge is 0.277 e. The van der Waals surface area contributed by atoms with Crippen LogP contribution in [0, 0.1) is 18.6 Å². The maximum absolute atomic E-state index is 14.3. The fraction of sp³-hybridized carbons (Fsp3) is 0.200. The number of hydrogen-bond donors (Lipinski definition) is 3. The number of nitrogens with zero attached hydrogens (tertiary/aromatic N) is 1. The SMILES string of the molecule is [B]c1cc(C(=O)NOCCO)c(Nc2ncc(C)cc2Br)c(F)c1F. The lowest BCUT2D eigenvalue weighted by Crippen LogP contribution is -2.28. The van der Waals surface area contributed by atoms with E-state index in [0.717, 1.165) is 11.6 Å². The minimum absolute atomic E-state index is 0.168. The van der Waals surface area contributed by atoms with Crippen molar-refractivity contribution in [2.24, 2.45) is 0 Å². The number of hydroxylamine groups is 1. The molecule has 0 fully saturated rings. The zero-order valence-corrected chi connectivity index (χ0v) is 14.7. The number of carbonyl (C=O) groups is 1. The topological polar surface area (TPSA) is 83.5 Å². The Morgan fingerprint density at radius 3 is 2.76 bits per heavy atom. The van der Waals surface area contributed by atoms with Crippen LogP contribution in [-0.2, 0) is 4.84 Å². The van der Waals surface area contributed by atoms with Crippen molar-refractivity contribution in [3.8, 4) is 0 Å². The van der Waals surface area contributed by atoms with Crippen LogP contribution in [0.4, 0.5) is 20.3 Å². The van der Waals surface area contributed by atoms with Gasteiger partial charge in [-0.1, -0.05) is 11.5 Å². The number of pyridine rings is 1. The maximum atomic E-state index is 14.3. The van der Waals surface area contributed by atoms with Crippen LogP contribution in [0.5, 0.6) is 0 Å². The van der Waals surface area contributed by atoms with Gasteiger partial charge in [-0.15, -0.1) is 0 Å². The highest BCUT2D eigenvalue weighted by Crippen LogP contribution is 2.29. The monoisotopic (exact) mass is 411 g/mol. The van der Waals surface area contributed by atoms with Crippen molar-refractivity contribution in [1.29, 1.82) is 0 Å². The van der Waals surface area contributed by atoms with Gasteiger partial charge in [0.05, 0.1) is 28.9 Å². The van der Waals surface area contributed by atoms with Gasteiger partial charge in [-0.2, -0.15) is 0 Å². The van der Waals surface area contributed by atoms with E-state index in [-0.39, 0.29) is 24.6 Å². The summed E-state index contributed by atoms with van der Waals surface area (Å²) in [4.78, 5) is 20.9. The number of halogens is 3. The number of benzene rings is 1. The number of rotatable bonds is 6. The number of aryl methyl sites for hydroxylation is 1. The minimum Gasteiger partial charge on any atom is -0.394 e. The number of carbonyl (C=O) groups excluding carboxylic acids is 1. The van der Waals surface area contributed by atoms with E-state index in [1.54, 1.807) is 6.07 Å². The van der Waals surface area contributed by atoms with Gasteiger partial charge in [0.25, 0.3) is 5.91 Å². The molecule has 0 saturated heterocycles. The third kappa shape index (κ3) is 4.53. The highest BCUT2D eigenvalue weighted by Gasteiger charge is 2.22. The minimum atomic E-state index is -1.33. The van der Waals surface area contributed by atoms with Crippen molar-refractivity contribution in [3.05, 3.63) is 45.6 Å². The van der Waals surface area contributed by atoms with Crippen molar-refractivity contribution < 1.29 is 23.5 Å². The predicted molar refractivity (Wildman–Crippen MR) is 92.2 cm³/mol. The number of hydrogen-bond acceptors (Lipinski definition) is 5. The molecule has 3 N–H and O–H groups in total. The molecule has 2 aromatic rings. The summed E-state index contributed by atoms with van der Waals surface area (Å²) >= 11 is 3.26. The van der Waals surface area contributed by atoms with Crippen molar-refractivity contribution in [1.82, 2.24) is 10.5 Å². The molecule has 0 unspecified atom stereocenters. The summed E-state index contributed by atoms with van der Waals surface area (Å²) in [6, 6.07) is 2.69. The first kappa shape index (κ1) is 19.3. The Morgan fingerprint density at radius 2 is 2.12 bits per heavy atom. The second-order valence-corrected chi connectivity index (χ2v) is 5.84. The highest BCUT2D eigenvalue weighted by atomic mass is 79.9.